The van der Waals surface area contributed by atoms with Crippen LogP contribution >= 0.6 is 0 Å². The number of nitrogens with one attached hydrogen (secondary N) is 1. The van der Waals surface area contributed by atoms with Crippen LogP contribution in [0.15, 0.2) is 59.7 Å². The number of nitriles is 1. The zero-order chi connectivity index (χ0) is 18.3. The lowest BCUT2D eigenvalue weighted by Gasteiger charge is -2.09. The van der Waals surface area contributed by atoms with E-state index in [9.17, 15) is 9.90 Å². The van der Waals surface area contributed by atoms with Crippen molar-refractivity contribution in [3.63, 3.8) is 0 Å². The van der Waals surface area contributed by atoms with Crippen LogP contribution in [0.3, 0.4) is 0 Å². The number of aryl methyl sites for hydroxylation is 1. The van der Waals surface area contributed by atoms with Gasteiger partial charge >= 0.3 is 0 Å². The lowest BCUT2D eigenvalue weighted by atomic mass is 10.1. The molecule has 3 aromatic heterocycles. The van der Waals surface area contributed by atoms with Crippen LogP contribution in [0.5, 0.6) is 5.75 Å². The minimum atomic E-state index is -0.601. The second kappa shape index (κ2) is 5.90. The zero-order valence-corrected chi connectivity index (χ0v) is 13.9. The van der Waals surface area contributed by atoms with E-state index >= 15 is 0 Å². The highest BCUT2D eigenvalue weighted by atomic mass is 16.3. The first-order chi connectivity index (χ1) is 12.6. The Bertz CT molecular complexity index is 1230. The molecule has 0 spiro atoms. The van der Waals surface area contributed by atoms with Crippen molar-refractivity contribution >= 4 is 11.0 Å². The highest BCUT2D eigenvalue weighted by Crippen LogP contribution is 2.29. The number of aromatic nitrogens is 3. The lowest BCUT2D eigenvalue weighted by Crippen LogP contribution is -2.10. The fourth-order valence-electron chi connectivity index (χ4n) is 3.07. The highest BCUT2D eigenvalue weighted by Gasteiger charge is 2.16. The number of H-pyrrole nitrogens is 1. The molecule has 0 aliphatic carbocycles. The van der Waals surface area contributed by atoms with E-state index in [0.717, 1.165) is 22.5 Å². The number of rotatable bonds is 2. The molecule has 0 atom stereocenters. The summed E-state index contributed by atoms with van der Waals surface area (Å²) in [6.45, 7) is 2.01. The molecule has 0 amide bonds. The van der Waals surface area contributed by atoms with E-state index in [4.69, 9.17) is 5.26 Å². The summed E-state index contributed by atoms with van der Waals surface area (Å²) in [7, 11) is 0. The molecule has 0 radical (unpaired) electrons. The summed E-state index contributed by atoms with van der Waals surface area (Å²) < 4.78 is 1.73. The standard InChI is InChI=1S/C20H14N4O2/c1-12-3-2-9-22-17(12)13-4-6-14(7-5-13)24-10-8-16-18(24)19(25)15(11-21)20(26)23-16/h2-10H,1H3,(H2,23,25,26). The van der Waals surface area contributed by atoms with Gasteiger partial charge in [0.15, 0.2) is 11.3 Å². The maximum absolute atomic E-state index is 11.8. The van der Waals surface area contributed by atoms with Gasteiger partial charge in [-0.25, -0.2) is 0 Å². The minimum Gasteiger partial charge on any atom is -0.504 e. The Kier molecular flexibility index (Phi) is 3.55. The van der Waals surface area contributed by atoms with Gasteiger partial charge in [0.05, 0.1) is 11.2 Å². The van der Waals surface area contributed by atoms with E-state index in [1.165, 1.54) is 0 Å². The summed E-state index contributed by atoms with van der Waals surface area (Å²) in [6, 6.07) is 15.0. The van der Waals surface area contributed by atoms with Crippen LogP contribution in [-0.4, -0.2) is 19.6 Å². The molecule has 4 aromatic rings. The number of hydrogen-bond acceptors (Lipinski definition) is 4. The van der Waals surface area contributed by atoms with Gasteiger partial charge in [-0.15, -0.1) is 0 Å². The Morgan fingerprint density at radius 2 is 1.96 bits per heavy atom. The topological polar surface area (TPSA) is 94.7 Å². The van der Waals surface area contributed by atoms with Crippen molar-refractivity contribution in [2.45, 2.75) is 6.92 Å². The van der Waals surface area contributed by atoms with E-state index in [1.54, 1.807) is 29.1 Å². The fraction of sp³-hybridized carbons (Fsp3) is 0.0500. The molecule has 0 saturated heterocycles. The molecule has 2 N–H and O–H groups in total. The highest BCUT2D eigenvalue weighted by molar-refractivity contribution is 5.86. The summed E-state index contributed by atoms with van der Waals surface area (Å²) in [6.07, 6.45) is 3.50. The van der Waals surface area contributed by atoms with Crippen LogP contribution in [0.2, 0.25) is 0 Å². The van der Waals surface area contributed by atoms with Crippen molar-refractivity contribution in [1.82, 2.24) is 14.5 Å². The Balaban J connectivity index is 1.86. The van der Waals surface area contributed by atoms with Crippen molar-refractivity contribution in [2.75, 3.05) is 0 Å². The second-order valence-corrected chi connectivity index (χ2v) is 5.95. The van der Waals surface area contributed by atoms with Crippen LogP contribution in [-0.2, 0) is 0 Å². The molecule has 3 heterocycles. The second-order valence-electron chi connectivity index (χ2n) is 5.95. The first-order valence-corrected chi connectivity index (χ1v) is 7.99. The van der Waals surface area contributed by atoms with Gasteiger partial charge < -0.3 is 14.7 Å². The number of pyridine rings is 2. The number of nitrogens with zero attached hydrogens (tertiary/aromatic N) is 3. The minimum absolute atomic E-state index is 0.293. The van der Waals surface area contributed by atoms with Crippen LogP contribution in [0.25, 0.3) is 28.0 Å². The fourth-order valence-corrected chi connectivity index (χ4v) is 3.07. The van der Waals surface area contributed by atoms with Gasteiger partial charge in [0, 0.05) is 23.6 Å². The molecular formula is C20H14N4O2. The summed E-state index contributed by atoms with van der Waals surface area (Å²) in [5, 5.41) is 19.5. The molecule has 26 heavy (non-hydrogen) atoms. The van der Waals surface area contributed by atoms with Gasteiger partial charge in [0.2, 0.25) is 0 Å². The summed E-state index contributed by atoms with van der Waals surface area (Å²) >= 11 is 0. The normalized spacial score (nSPS) is 10.8. The molecule has 0 saturated carbocycles. The zero-order valence-electron chi connectivity index (χ0n) is 13.9. The van der Waals surface area contributed by atoms with Crippen molar-refractivity contribution in [3.05, 3.63) is 76.3 Å². The van der Waals surface area contributed by atoms with E-state index < -0.39 is 5.56 Å². The largest absolute Gasteiger partial charge is 0.504 e. The van der Waals surface area contributed by atoms with Gasteiger partial charge in [-0.3, -0.25) is 9.78 Å². The van der Waals surface area contributed by atoms with Gasteiger partial charge in [-0.05, 0) is 36.8 Å². The van der Waals surface area contributed by atoms with Crippen molar-refractivity contribution < 1.29 is 5.11 Å². The molecule has 0 bridgehead atoms. The predicted octanol–water partition coefficient (Wildman–Crippen LogP) is 3.27. The number of aromatic amines is 1. The van der Waals surface area contributed by atoms with Crippen molar-refractivity contribution in [3.8, 4) is 28.8 Å². The first-order valence-electron chi connectivity index (χ1n) is 7.99. The Morgan fingerprint density at radius 3 is 2.65 bits per heavy atom. The van der Waals surface area contributed by atoms with Gasteiger partial charge in [0.1, 0.15) is 11.6 Å². The van der Waals surface area contributed by atoms with Gasteiger partial charge in [0.25, 0.3) is 5.56 Å². The summed E-state index contributed by atoms with van der Waals surface area (Å²) in [5.41, 5.74) is 3.74. The molecular weight excluding hydrogens is 328 g/mol. The summed E-state index contributed by atoms with van der Waals surface area (Å²) in [5.74, 6) is -0.319. The molecule has 6 heteroatoms. The van der Waals surface area contributed by atoms with Crippen molar-refractivity contribution in [2.24, 2.45) is 0 Å². The third kappa shape index (κ3) is 2.34. The van der Waals surface area contributed by atoms with E-state index in [2.05, 4.69) is 9.97 Å². The average Bonchev–Trinajstić information content (AvgIpc) is 3.06. The number of hydrogen-bond donors (Lipinski definition) is 2. The summed E-state index contributed by atoms with van der Waals surface area (Å²) in [4.78, 5) is 18.8. The molecule has 6 nitrogen and oxygen atoms in total. The predicted molar refractivity (Wildman–Crippen MR) is 98.2 cm³/mol. The quantitative estimate of drug-likeness (QED) is 0.584. The maximum Gasteiger partial charge on any atom is 0.270 e. The average molecular weight is 342 g/mol. The number of benzene rings is 1. The molecule has 0 unspecified atom stereocenters. The number of fused-ring (bicyclic) bond motifs is 1. The first kappa shape index (κ1) is 15.7. The smallest absolute Gasteiger partial charge is 0.270 e. The van der Waals surface area contributed by atoms with Crippen LogP contribution < -0.4 is 5.56 Å². The maximum atomic E-state index is 11.8. The third-order valence-corrected chi connectivity index (χ3v) is 4.36. The third-order valence-electron chi connectivity index (χ3n) is 4.36. The molecule has 0 fully saturated rings. The molecule has 0 aliphatic heterocycles. The molecule has 1 aromatic carbocycles. The van der Waals surface area contributed by atoms with E-state index in [1.807, 2.05) is 43.3 Å². The van der Waals surface area contributed by atoms with E-state index in [0.29, 0.717) is 11.0 Å². The van der Waals surface area contributed by atoms with Gasteiger partial charge in [-0.2, -0.15) is 5.26 Å². The number of aromatic hydroxyl groups is 1. The van der Waals surface area contributed by atoms with Crippen LogP contribution in [0.4, 0.5) is 0 Å². The monoisotopic (exact) mass is 342 g/mol. The molecule has 0 aliphatic rings. The molecule has 126 valence electrons. The van der Waals surface area contributed by atoms with Gasteiger partial charge in [-0.1, -0.05) is 18.2 Å². The van der Waals surface area contributed by atoms with Crippen molar-refractivity contribution in [1.29, 1.82) is 5.26 Å². The molecule has 4 rings (SSSR count). The SMILES string of the molecule is Cc1cccnc1-c1ccc(-n2ccc3[nH]c(=O)c(C#N)c(O)c32)cc1. The Hall–Kier alpha value is -3.85. The van der Waals surface area contributed by atoms with Crippen LogP contribution in [0, 0.1) is 18.3 Å². The lowest BCUT2D eigenvalue weighted by molar-refractivity contribution is 0.476. The Morgan fingerprint density at radius 1 is 1.19 bits per heavy atom. The Labute approximate surface area is 148 Å². The van der Waals surface area contributed by atoms with Crippen LogP contribution in [0.1, 0.15) is 11.1 Å². The van der Waals surface area contributed by atoms with E-state index in [-0.39, 0.29) is 11.3 Å².